The fraction of sp³-hybridized carbons (Fsp3) is 0.889. The second kappa shape index (κ2) is 13.5. The molecule has 9 atom stereocenters. The van der Waals surface area contributed by atoms with E-state index in [9.17, 15) is 9.59 Å². The van der Waals surface area contributed by atoms with Crippen molar-refractivity contribution < 1.29 is 19.1 Å². The van der Waals surface area contributed by atoms with Crippen molar-refractivity contribution in [1.29, 1.82) is 0 Å². The third kappa shape index (κ3) is 7.07. The molecular formula is C36H61NO4. The summed E-state index contributed by atoms with van der Waals surface area (Å²) in [7, 11) is 1.49. The maximum atomic E-state index is 13.2. The summed E-state index contributed by atoms with van der Waals surface area (Å²) in [5.74, 6) is 4.68. The van der Waals surface area contributed by atoms with Gasteiger partial charge in [0.15, 0.2) is 0 Å². The Hall–Kier alpha value is -1.36. The Balaban J connectivity index is 1.40. The van der Waals surface area contributed by atoms with Crippen LogP contribution in [0.5, 0.6) is 0 Å². The number of ether oxygens (including phenoxy) is 2. The van der Waals surface area contributed by atoms with Crippen LogP contribution in [0, 0.1) is 52.3 Å². The van der Waals surface area contributed by atoms with Gasteiger partial charge >= 0.3 is 5.97 Å². The van der Waals surface area contributed by atoms with Crippen molar-refractivity contribution in [3.8, 4) is 0 Å². The first kappa shape index (κ1) is 32.6. The molecule has 0 bridgehead atoms. The van der Waals surface area contributed by atoms with Gasteiger partial charge in [0, 0.05) is 13.5 Å². The number of nitrogens with one attached hydrogen (secondary N) is 1. The molecule has 4 aliphatic rings. The predicted molar refractivity (Wildman–Crippen MR) is 166 cm³/mol. The zero-order valence-electron chi connectivity index (χ0n) is 27.6. The zero-order valence-corrected chi connectivity index (χ0v) is 27.6. The van der Waals surface area contributed by atoms with Gasteiger partial charge in [-0.2, -0.15) is 0 Å². The standard InChI is InChI=1S/C36H61NO4/c1-23(2)10-9-11-25(5)29-14-15-30-28-13-12-26-21-27(16-18-35(26,6)31(28)17-19-36(29,30)7)41-34(39)32(20-24(3)4)37-33(38)22-40-8/h12,23-25,27-32H,9-11,13-22H2,1-8H3,(H,37,38). The average molecular weight is 572 g/mol. The van der Waals surface area contributed by atoms with E-state index in [1.165, 1.54) is 64.0 Å². The summed E-state index contributed by atoms with van der Waals surface area (Å²) in [6.45, 7) is 16.6. The zero-order chi connectivity index (χ0) is 29.9. The molecule has 0 radical (unpaired) electrons. The highest BCUT2D eigenvalue weighted by molar-refractivity contribution is 5.85. The van der Waals surface area contributed by atoms with E-state index in [0.29, 0.717) is 11.8 Å². The molecule has 4 rings (SSSR count). The lowest BCUT2D eigenvalue weighted by molar-refractivity contribution is -0.156. The van der Waals surface area contributed by atoms with Crippen LogP contribution < -0.4 is 5.32 Å². The molecule has 3 saturated carbocycles. The number of hydrogen-bond donors (Lipinski definition) is 1. The van der Waals surface area contributed by atoms with Crippen LogP contribution in [0.3, 0.4) is 0 Å². The van der Waals surface area contributed by atoms with Crippen LogP contribution in [-0.2, 0) is 19.1 Å². The largest absolute Gasteiger partial charge is 0.461 e. The summed E-state index contributed by atoms with van der Waals surface area (Å²) in [5.41, 5.74) is 2.27. The summed E-state index contributed by atoms with van der Waals surface area (Å²) < 4.78 is 11.1. The van der Waals surface area contributed by atoms with E-state index in [1.54, 1.807) is 0 Å². The van der Waals surface area contributed by atoms with E-state index in [2.05, 4.69) is 59.9 Å². The first-order valence-corrected chi connectivity index (χ1v) is 17.1. The van der Waals surface area contributed by atoms with Crippen molar-refractivity contribution >= 4 is 11.9 Å². The van der Waals surface area contributed by atoms with E-state index in [1.807, 2.05) is 0 Å². The first-order valence-electron chi connectivity index (χ1n) is 17.1. The lowest BCUT2D eigenvalue weighted by Gasteiger charge is -2.58. The van der Waals surface area contributed by atoms with Crippen molar-refractivity contribution in [3.63, 3.8) is 0 Å². The molecule has 234 valence electrons. The van der Waals surface area contributed by atoms with Gasteiger partial charge in [0.2, 0.25) is 5.91 Å². The molecule has 5 heteroatoms. The van der Waals surface area contributed by atoms with Crippen LogP contribution in [0.25, 0.3) is 0 Å². The van der Waals surface area contributed by atoms with E-state index < -0.39 is 6.04 Å². The highest BCUT2D eigenvalue weighted by atomic mass is 16.5. The Bertz CT molecular complexity index is 942. The van der Waals surface area contributed by atoms with Crippen LogP contribution in [0.4, 0.5) is 0 Å². The molecule has 0 saturated heterocycles. The Morgan fingerprint density at radius 1 is 0.976 bits per heavy atom. The topological polar surface area (TPSA) is 64.6 Å². The molecule has 1 N–H and O–H groups in total. The van der Waals surface area contributed by atoms with Gasteiger partial charge in [-0.05, 0) is 104 Å². The fourth-order valence-corrected chi connectivity index (χ4v) is 10.1. The number of hydrogen-bond acceptors (Lipinski definition) is 4. The van der Waals surface area contributed by atoms with Gasteiger partial charge in [-0.1, -0.05) is 79.4 Å². The third-order valence-corrected chi connectivity index (χ3v) is 12.1. The summed E-state index contributed by atoms with van der Waals surface area (Å²) in [5, 5.41) is 2.84. The highest BCUT2D eigenvalue weighted by Crippen LogP contribution is 2.67. The molecule has 5 nitrogen and oxygen atoms in total. The lowest BCUT2D eigenvalue weighted by atomic mass is 9.47. The Labute approximate surface area is 251 Å². The molecule has 0 aromatic rings. The normalized spacial score (nSPS) is 36.1. The van der Waals surface area contributed by atoms with Crippen molar-refractivity contribution in [2.45, 2.75) is 138 Å². The van der Waals surface area contributed by atoms with Crippen LogP contribution in [0.15, 0.2) is 11.6 Å². The summed E-state index contributed by atoms with van der Waals surface area (Å²) in [6, 6.07) is -0.616. The number of amides is 1. The molecule has 1 amide bonds. The Morgan fingerprint density at radius 3 is 2.41 bits per heavy atom. The molecule has 0 aromatic carbocycles. The third-order valence-electron chi connectivity index (χ3n) is 12.1. The van der Waals surface area contributed by atoms with Crippen molar-refractivity contribution in [1.82, 2.24) is 5.32 Å². The monoisotopic (exact) mass is 571 g/mol. The van der Waals surface area contributed by atoms with Crippen LogP contribution >= 0.6 is 0 Å². The molecule has 3 fully saturated rings. The minimum absolute atomic E-state index is 0.0447. The maximum absolute atomic E-state index is 13.2. The number of fused-ring (bicyclic) bond motifs is 5. The van der Waals surface area contributed by atoms with Crippen LogP contribution in [0.2, 0.25) is 0 Å². The fourth-order valence-electron chi connectivity index (χ4n) is 10.1. The number of methoxy groups -OCH3 is 1. The van der Waals surface area contributed by atoms with E-state index in [4.69, 9.17) is 9.47 Å². The average Bonchev–Trinajstić information content (AvgIpc) is 3.25. The summed E-state index contributed by atoms with van der Waals surface area (Å²) in [6.07, 6.45) is 16.9. The number of allylic oxidation sites excluding steroid dienone is 1. The van der Waals surface area contributed by atoms with Crippen LogP contribution in [-0.4, -0.2) is 37.7 Å². The number of rotatable bonds is 12. The molecule has 0 aromatic heterocycles. The number of carbonyl (C=O) groups is 2. The van der Waals surface area contributed by atoms with Crippen LogP contribution in [0.1, 0.15) is 126 Å². The number of carbonyl (C=O) groups excluding carboxylic acids is 2. The van der Waals surface area contributed by atoms with Gasteiger partial charge < -0.3 is 14.8 Å². The SMILES string of the molecule is COCC(=O)NC(CC(C)C)C(=O)OC1CCC2(C)C(=CCC3C2CCC2(C)C(C(C)CCCC(C)C)CCC32)C1. The van der Waals surface area contributed by atoms with E-state index in [0.717, 1.165) is 54.8 Å². The second-order valence-corrected chi connectivity index (χ2v) is 15.8. The highest BCUT2D eigenvalue weighted by Gasteiger charge is 2.59. The van der Waals surface area contributed by atoms with Gasteiger partial charge in [0.25, 0.3) is 0 Å². The molecule has 4 aliphatic carbocycles. The molecule has 9 unspecified atom stereocenters. The number of esters is 1. The minimum atomic E-state index is -0.616. The molecule has 41 heavy (non-hydrogen) atoms. The van der Waals surface area contributed by atoms with Gasteiger partial charge in [0.05, 0.1) is 0 Å². The summed E-state index contributed by atoms with van der Waals surface area (Å²) in [4.78, 5) is 25.4. The predicted octanol–water partition coefficient (Wildman–Crippen LogP) is 8.12. The molecule has 0 aliphatic heterocycles. The summed E-state index contributed by atoms with van der Waals surface area (Å²) >= 11 is 0. The van der Waals surface area contributed by atoms with Gasteiger partial charge in [-0.15, -0.1) is 0 Å². The van der Waals surface area contributed by atoms with Gasteiger partial charge in [0.1, 0.15) is 18.8 Å². The van der Waals surface area contributed by atoms with Crippen molar-refractivity contribution in [2.24, 2.45) is 52.3 Å². The molecule has 0 spiro atoms. The van der Waals surface area contributed by atoms with Gasteiger partial charge in [-0.25, -0.2) is 4.79 Å². The smallest absolute Gasteiger partial charge is 0.328 e. The Morgan fingerprint density at radius 2 is 1.73 bits per heavy atom. The van der Waals surface area contributed by atoms with Crippen molar-refractivity contribution in [2.75, 3.05) is 13.7 Å². The maximum Gasteiger partial charge on any atom is 0.328 e. The van der Waals surface area contributed by atoms with Gasteiger partial charge in [-0.3, -0.25) is 4.79 Å². The second-order valence-electron chi connectivity index (χ2n) is 15.8. The quantitative estimate of drug-likeness (QED) is 0.190. The van der Waals surface area contributed by atoms with E-state index in [-0.39, 0.29) is 35.9 Å². The lowest BCUT2D eigenvalue weighted by Crippen LogP contribution is -2.51. The Kier molecular flexibility index (Phi) is 10.7. The van der Waals surface area contributed by atoms with Crippen molar-refractivity contribution in [3.05, 3.63) is 11.6 Å². The minimum Gasteiger partial charge on any atom is -0.461 e. The molecular weight excluding hydrogens is 510 g/mol. The first-order chi connectivity index (χ1) is 19.4. The van der Waals surface area contributed by atoms with E-state index >= 15 is 0 Å². The molecule has 0 heterocycles.